The van der Waals surface area contributed by atoms with Gasteiger partial charge in [0.05, 0.1) is 17.4 Å². The molecule has 148 valence electrons. The highest BCUT2D eigenvalue weighted by Gasteiger charge is 2.27. The van der Waals surface area contributed by atoms with Gasteiger partial charge >= 0.3 is 0 Å². The van der Waals surface area contributed by atoms with Crippen LogP contribution in [0.25, 0.3) is 0 Å². The monoisotopic (exact) mass is 392 g/mol. The maximum Gasteiger partial charge on any atom is 0.246 e. The van der Waals surface area contributed by atoms with Crippen LogP contribution in [0.4, 0.5) is 0 Å². The fourth-order valence-electron chi connectivity index (χ4n) is 2.93. The van der Waals surface area contributed by atoms with E-state index in [2.05, 4.69) is 16.5 Å². The smallest absolute Gasteiger partial charge is 0.246 e. The van der Waals surface area contributed by atoms with E-state index in [1.165, 1.54) is 29.9 Å². The molecule has 7 nitrogen and oxygen atoms in total. The predicted molar refractivity (Wildman–Crippen MR) is 105 cm³/mol. The number of sulfonamides is 1. The lowest BCUT2D eigenvalue weighted by Crippen LogP contribution is -2.31. The third kappa shape index (κ3) is 4.39. The molecule has 0 aliphatic heterocycles. The molecule has 27 heavy (non-hydrogen) atoms. The van der Waals surface area contributed by atoms with Gasteiger partial charge in [0.2, 0.25) is 15.9 Å². The largest absolute Gasteiger partial charge is 0.348 e. The van der Waals surface area contributed by atoms with E-state index in [1.54, 1.807) is 13.8 Å². The van der Waals surface area contributed by atoms with Crippen LogP contribution in [-0.2, 0) is 21.4 Å². The summed E-state index contributed by atoms with van der Waals surface area (Å²) in [5, 5.41) is 7.20. The average molecular weight is 393 g/mol. The van der Waals surface area contributed by atoms with Crippen molar-refractivity contribution in [2.45, 2.75) is 52.1 Å². The van der Waals surface area contributed by atoms with Crippen LogP contribution >= 0.6 is 0 Å². The van der Waals surface area contributed by atoms with Crippen LogP contribution in [0.15, 0.2) is 23.1 Å². The molecule has 0 unspecified atom stereocenters. The van der Waals surface area contributed by atoms with Gasteiger partial charge in [0, 0.05) is 14.1 Å². The van der Waals surface area contributed by atoms with Crippen molar-refractivity contribution < 1.29 is 13.2 Å². The summed E-state index contributed by atoms with van der Waals surface area (Å²) < 4.78 is 27.5. The molecule has 1 heterocycles. The molecular weight excluding hydrogens is 364 g/mol. The lowest BCUT2D eigenvalue weighted by molar-refractivity contribution is -0.122. The zero-order valence-corrected chi connectivity index (χ0v) is 17.8. The van der Waals surface area contributed by atoms with Crippen LogP contribution < -0.4 is 5.32 Å². The van der Waals surface area contributed by atoms with E-state index in [-0.39, 0.29) is 23.4 Å². The van der Waals surface area contributed by atoms with Crippen LogP contribution in [0.2, 0.25) is 0 Å². The minimum atomic E-state index is -3.61. The van der Waals surface area contributed by atoms with Crippen LogP contribution in [0, 0.1) is 27.7 Å². The van der Waals surface area contributed by atoms with Crippen LogP contribution in [0.5, 0.6) is 0 Å². The molecule has 0 spiro atoms. The number of aryl methyl sites for hydroxylation is 3. The number of carbonyl (C=O) groups excluding carboxylic acids is 1. The highest BCUT2D eigenvalue weighted by Crippen LogP contribution is 2.22. The molecule has 0 radical (unpaired) electrons. The van der Waals surface area contributed by atoms with Crippen molar-refractivity contribution in [1.82, 2.24) is 19.4 Å². The Bertz CT molecular complexity index is 962. The van der Waals surface area contributed by atoms with E-state index in [0.29, 0.717) is 11.4 Å². The predicted octanol–water partition coefficient (Wildman–Crippen LogP) is 2.24. The van der Waals surface area contributed by atoms with E-state index in [9.17, 15) is 13.2 Å². The number of benzene rings is 1. The minimum absolute atomic E-state index is 0.0369. The first-order chi connectivity index (χ1) is 12.4. The quantitative estimate of drug-likeness (QED) is 0.817. The highest BCUT2D eigenvalue weighted by atomic mass is 32.2. The van der Waals surface area contributed by atoms with Gasteiger partial charge in [-0.2, -0.15) is 5.10 Å². The van der Waals surface area contributed by atoms with Gasteiger partial charge < -0.3 is 5.32 Å². The van der Waals surface area contributed by atoms with Gasteiger partial charge in [-0.1, -0.05) is 18.2 Å². The molecule has 0 saturated heterocycles. The molecule has 1 atom stereocenters. The summed E-state index contributed by atoms with van der Waals surface area (Å²) in [5.41, 5.74) is 4.24. The van der Waals surface area contributed by atoms with Gasteiger partial charge in [-0.3, -0.25) is 9.48 Å². The first kappa shape index (κ1) is 21.1. The van der Waals surface area contributed by atoms with Crippen LogP contribution in [0.3, 0.4) is 0 Å². The van der Waals surface area contributed by atoms with Crippen molar-refractivity contribution in [3.8, 4) is 0 Å². The van der Waals surface area contributed by atoms with E-state index in [4.69, 9.17) is 0 Å². The van der Waals surface area contributed by atoms with Gasteiger partial charge in [-0.05, 0) is 51.3 Å². The average Bonchev–Trinajstić information content (AvgIpc) is 2.83. The number of hydrogen-bond donors (Lipinski definition) is 1. The second-order valence-electron chi connectivity index (χ2n) is 7.08. The molecule has 0 bridgehead atoms. The molecule has 0 saturated carbocycles. The van der Waals surface area contributed by atoms with Crippen molar-refractivity contribution in [2.75, 3.05) is 14.1 Å². The Morgan fingerprint density at radius 3 is 2.37 bits per heavy atom. The maximum absolute atomic E-state index is 12.5. The van der Waals surface area contributed by atoms with Crippen LogP contribution in [0.1, 0.15) is 41.0 Å². The van der Waals surface area contributed by atoms with Crippen molar-refractivity contribution in [3.05, 3.63) is 46.3 Å². The highest BCUT2D eigenvalue weighted by molar-refractivity contribution is 7.89. The zero-order valence-electron chi connectivity index (χ0n) is 17.0. The first-order valence-electron chi connectivity index (χ1n) is 8.78. The molecule has 1 aromatic carbocycles. The SMILES string of the molecule is Cc1ccc([C@H](C)NC(=O)Cn2nc(C)c(S(=O)(=O)N(C)C)c2C)cc1C. The fraction of sp³-hybridized carbons (Fsp3) is 0.474. The normalized spacial score (nSPS) is 13.0. The maximum atomic E-state index is 12.5. The molecule has 0 fully saturated rings. The first-order valence-corrected chi connectivity index (χ1v) is 10.2. The summed E-state index contributed by atoms with van der Waals surface area (Å²) in [5.74, 6) is -0.222. The number of nitrogens with zero attached hydrogens (tertiary/aromatic N) is 3. The second kappa shape index (κ2) is 7.82. The van der Waals surface area contributed by atoms with Crippen molar-refractivity contribution in [3.63, 3.8) is 0 Å². The van der Waals surface area contributed by atoms with E-state index >= 15 is 0 Å². The lowest BCUT2D eigenvalue weighted by Gasteiger charge is -2.16. The fourth-order valence-corrected chi connectivity index (χ4v) is 4.19. The Labute approximate surface area is 161 Å². The third-order valence-corrected chi connectivity index (χ3v) is 6.82. The number of hydrogen-bond acceptors (Lipinski definition) is 4. The molecule has 2 aromatic rings. The Kier molecular flexibility index (Phi) is 6.11. The van der Waals surface area contributed by atoms with Crippen molar-refractivity contribution in [1.29, 1.82) is 0 Å². The summed E-state index contributed by atoms with van der Waals surface area (Å²) in [4.78, 5) is 12.6. The van der Waals surface area contributed by atoms with Gasteiger partial charge in [0.25, 0.3) is 0 Å². The molecule has 1 aromatic heterocycles. The number of amides is 1. The number of carbonyl (C=O) groups is 1. The summed E-state index contributed by atoms with van der Waals surface area (Å²) in [6, 6.07) is 5.94. The van der Waals surface area contributed by atoms with E-state index in [1.807, 2.05) is 32.9 Å². The molecule has 0 aliphatic carbocycles. The number of nitrogens with one attached hydrogen (secondary N) is 1. The summed E-state index contributed by atoms with van der Waals surface area (Å²) in [6.07, 6.45) is 0. The Hall–Kier alpha value is -2.19. The Morgan fingerprint density at radius 1 is 1.19 bits per heavy atom. The van der Waals surface area contributed by atoms with Gasteiger partial charge in [-0.15, -0.1) is 0 Å². The Morgan fingerprint density at radius 2 is 1.81 bits per heavy atom. The molecule has 1 amide bonds. The van der Waals surface area contributed by atoms with Gasteiger partial charge in [-0.25, -0.2) is 12.7 Å². The second-order valence-corrected chi connectivity index (χ2v) is 9.17. The third-order valence-electron chi connectivity index (χ3n) is 4.76. The number of rotatable bonds is 6. The van der Waals surface area contributed by atoms with Crippen molar-refractivity contribution in [2.24, 2.45) is 0 Å². The van der Waals surface area contributed by atoms with Crippen molar-refractivity contribution >= 4 is 15.9 Å². The standard InChI is InChI=1S/C19H28N4O3S/c1-12-8-9-17(10-13(12)2)14(3)20-18(24)11-23-16(5)19(15(4)21-23)27(25,26)22(6)7/h8-10,14H,11H2,1-7H3,(H,20,24)/t14-/m0/s1. The zero-order chi connectivity index (χ0) is 20.5. The summed E-state index contributed by atoms with van der Waals surface area (Å²) in [7, 11) is -0.658. The van der Waals surface area contributed by atoms with Crippen LogP contribution in [-0.4, -0.2) is 42.5 Å². The summed E-state index contributed by atoms with van der Waals surface area (Å²) in [6.45, 7) is 9.27. The topological polar surface area (TPSA) is 84.3 Å². The molecule has 2 rings (SSSR count). The molecule has 8 heteroatoms. The van der Waals surface area contributed by atoms with E-state index in [0.717, 1.165) is 9.87 Å². The molecule has 0 aliphatic rings. The lowest BCUT2D eigenvalue weighted by atomic mass is 10.0. The van der Waals surface area contributed by atoms with Gasteiger partial charge in [0.15, 0.2) is 0 Å². The Balaban J connectivity index is 2.18. The molecule has 1 N–H and O–H groups in total. The summed E-state index contributed by atoms with van der Waals surface area (Å²) >= 11 is 0. The molecular formula is C19H28N4O3S. The number of aromatic nitrogens is 2. The van der Waals surface area contributed by atoms with E-state index < -0.39 is 10.0 Å². The minimum Gasteiger partial charge on any atom is -0.348 e. The van der Waals surface area contributed by atoms with Gasteiger partial charge in [0.1, 0.15) is 11.4 Å².